The smallest absolute Gasteiger partial charge is 0.425 e. The highest BCUT2D eigenvalue weighted by Crippen LogP contribution is 2.43. The zero-order valence-electron chi connectivity index (χ0n) is 28.4. The fourth-order valence-corrected chi connectivity index (χ4v) is 7.74. The van der Waals surface area contributed by atoms with Crippen LogP contribution in [0.25, 0.3) is 0 Å². The molecular formula is C35H37F7N4O5S. The van der Waals surface area contributed by atoms with Crippen LogP contribution in [-0.2, 0) is 34.9 Å². The summed E-state index contributed by atoms with van der Waals surface area (Å²) in [5, 5.41) is 11.0. The molecule has 3 amide bonds. The number of likely N-dealkylation sites (tertiary alicyclic amines) is 1. The number of pyridine rings is 1. The van der Waals surface area contributed by atoms with Crippen LogP contribution in [0.1, 0.15) is 71.6 Å². The average molecular weight is 759 g/mol. The summed E-state index contributed by atoms with van der Waals surface area (Å²) < 4.78 is 104. The molecule has 0 saturated carbocycles. The van der Waals surface area contributed by atoms with E-state index in [1.165, 1.54) is 42.0 Å². The van der Waals surface area contributed by atoms with E-state index >= 15 is 4.79 Å². The maximum absolute atomic E-state index is 15.3. The van der Waals surface area contributed by atoms with Crippen LogP contribution < -0.4 is 4.74 Å². The SMILES string of the molecule is CCC[C@H]1N(C(=O)c2ncccc2C(F)(F)F)CCC[C@@]1(Oc1csc(C(F)(F)F)c1)C(=O)N1Cc2ccc(F)cc2C[C@H]1CN(C)C(=O)C(C)O. The van der Waals surface area contributed by atoms with Crippen molar-refractivity contribution < 1.29 is 55.0 Å². The number of amides is 3. The molecule has 52 heavy (non-hydrogen) atoms. The van der Waals surface area contributed by atoms with E-state index in [0.29, 0.717) is 28.5 Å². The Morgan fingerprint density at radius 1 is 1.10 bits per heavy atom. The number of carbonyl (C=O) groups is 3. The largest absolute Gasteiger partial charge is 0.474 e. The molecule has 0 bridgehead atoms. The van der Waals surface area contributed by atoms with Crippen molar-refractivity contribution >= 4 is 29.1 Å². The van der Waals surface area contributed by atoms with Crippen LogP contribution in [-0.4, -0.2) is 86.4 Å². The molecule has 1 fully saturated rings. The fraction of sp³-hybridized carbons (Fsp3) is 0.486. The Bertz CT molecular complexity index is 1800. The van der Waals surface area contributed by atoms with Crippen LogP contribution in [0, 0.1) is 5.82 Å². The summed E-state index contributed by atoms with van der Waals surface area (Å²) in [5.41, 5.74) is -3.24. The van der Waals surface area contributed by atoms with Gasteiger partial charge in [-0.2, -0.15) is 26.3 Å². The Hall–Kier alpha value is -4.25. The number of aliphatic hydroxyl groups excluding tert-OH is 1. The maximum Gasteiger partial charge on any atom is 0.425 e. The van der Waals surface area contributed by atoms with E-state index in [2.05, 4.69) is 4.98 Å². The number of halogens is 7. The third-order valence-corrected chi connectivity index (χ3v) is 10.4. The maximum atomic E-state index is 15.3. The van der Waals surface area contributed by atoms with Crippen LogP contribution in [0.5, 0.6) is 5.75 Å². The van der Waals surface area contributed by atoms with Crippen molar-refractivity contribution in [1.29, 1.82) is 0 Å². The average Bonchev–Trinajstić information content (AvgIpc) is 3.56. The van der Waals surface area contributed by atoms with E-state index in [-0.39, 0.29) is 57.5 Å². The number of benzene rings is 1. The molecule has 4 atom stereocenters. The van der Waals surface area contributed by atoms with Crippen LogP contribution in [0.2, 0.25) is 0 Å². The Morgan fingerprint density at radius 2 is 1.83 bits per heavy atom. The van der Waals surface area contributed by atoms with Gasteiger partial charge in [0.2, 0.25) is 5.60 Å². The number of likely N-dealkylation sites (N-methyl/N-ethyl adjacent to an activating group) is 1. The number of aromatic nitrogens is 1. The van der Waals surface area contributed by atoms with Gasteiger partial charge in [-0.25, -0.2) is 4.39 Å². The second kappa shape index (κ2) is 15.0. The highest BCUT2D eigenvalue weighted by molar-refractivity contribution is 7.10. The predicted molar refractivity (Wildman–Crippen MR) is 175 cm³/mol. The van der Waals surface area contributed by atoms with E-state index in [4.69, 9.17) is 4.74 Å². The molecule has 17 heteroatoms. The number of hydrogen-bond acceptors (Lipinski definition) is 7. The molecular weight excluding hydrogens is 721 g/mol. The molecule has 9 nitrogen and oxygen atoms in total. The van der Waals surface area contributed by atoms with Crippen LogP contribution >= 0.6 is 11.3 Å². The van der Waals surface area contributed by atoms with E-state index in [1.54, 1.807) is 6.92 Å². The quantitative estimate of drug-likeness (QED) is 0.256. The monoisotopic (exact) mass is 758 g/mol. The van der Waals surface area contributed by atoms with Gasteiger partial charge in [0.1, 0.15) is 28.2 Å². The number of hydrogen-bond donors (Lipinski definition) is 1. The van der Waals surface area contributed by atoms with Gasteiger partial charge in [0.05, 0.1) is 17.6 Å². The van der Waals surface area contributed by atoms with E-state index in [1.807, 2.05) is 0 Å². The number of fused-ring (bicyclic) bond motifs is 1. The third kappa shape index (κ3) is 7.89. The molecule has 282 valence electrons. The Kier molecular flexibility index (Phi) is 11.2. The lowest BCUT2D eigenvalue weighted by Crippen LogP contribution is -2.69. The molecule has 1 aromatic carbocycles. The highest BCUT2D eigenvalue weighted by Gasteiger charge is 2.57. The van der Waals surface area contributed by atoms with E-state index in [0.717, 1.165) is 28.6 Å². The first-order valence-corrected chi connectivity index (χ1v) is 17.4. The molecule has 1 N–H and O–H groups in total. The Labute approximate surface area is 299 Å². The van der Waals surface area contributed by atoms with Gasteiger partial charge in [0.25, 0.3) is 17.7 Å². The lowest BCUT2D eigenvalue weighted by Gasteiger charge is -2.51. The zero-order valence-corrected chi connectivity index (χ0v) is 29.2. The summed E-state index contributed by atoms with van der Waals surface area (Å²) >= 11 is 0.327. The standard InChI is InChI=1S/C35H37F7N4O5S/c1-4-7-27-33(51-25-16-28(52-19-25)35(40,41)42,11-6-13-45(27)31(49)29-26(34(37,38)39)8-5-12-43-29)32(50)46-17-21-9-10-23(36)14-22(21)15-24(46)18-44(3)30(48)20(2)47/h5,8-10,12,14,16,19-20,24,27,47H,4,6-7,11,13,15,17-18H2,1-3H3/t20?,24-,27+,33-/m0/s1. The first-order chi connectivity index (χ1) is 24.4. The molecule has 2 aliphatic rings. The van der Waals surface area contributed by atoms with Crippen molar-refractivity contribution in [2.24, 2.45) is 0 Å². The van der Waals surface area contributed by atoms with Crippen molar-refractivity contribution in [3.05, 3.63) is 81.1 Å². The number of ether oxygens (including phenoxy) is 1. The number of alkyl halides is 6. The summed E-state index contributed by atoms with van der Waals surface area (Å²) in [5.74, 6) is -3.45. The second-order valence-electron chi connectivity index (χ2n) is 13.0. The summed E-state index contributed by atoms with van der Waals surface area (Å²) in [6.07, 6.45) is -9.84. The van der Waals surface area contributed by atoms with Gasteiger partial charge in [0, 0.05) is 50.7 Å². The molecule has 0 radical (unpaired) electrons. The minimum atomic E-state index is -4.95. The molecule has 3 aromatic rings. The molecule has 1 saturated heterocycles. The molecule has 5 rings (SSSR count). The number of thiophene rings is 1. The van der Waals surface area contributed by atoms with Crippen LogP contribution in [0.3, 0.4) is 0 Å². The Morgan fingerprint density at radius 3 is 2.46 bits per heavy atom. The lowest BCUT2D eigenvalue weighted by atomic mass is 9.78. The van der Waals surface area contributed by atoms with Crippen molar-refractivity contribution in [3.8, 4) is 5.75 Å². The van der Waals surface area contributed by atoms with Crippen LogP contribution in [0.4, 0.5) is 30.7 Å². The number of carbonyl (C=O) groups excluding carboxylic acids is 3. The summed E-state index contributed by atoms with van der Waals surface area (Å²) in [4.78, 5) is 48.5. The zero-order chi connectivity index (χ0) is 38.2. The fourth-order valence-electron chi connectivity index (χ4n) is 7.06. The normalized spacial score (nSPS) is 21.4. The van der Waals surface area contributed by atoms with Gasteiger partial charge in [-0.15, -0.1) is 11.3 Å². The first kappa shape index (κ1) is 39.0. The van der Waals surface area contributed by atoms with Gasteiger partial charge >= 0.3 is 12.4 Å². The second-order valence-corrected chi connectivity index (χ2v) is 13.9. The van der Waals surface area contributed by atoms with Crippen molar-refractivity contribution in [1.82, 2.24) is 19.7 Å². The predicted octanol–water partition coefficient (Wildman–Crippen LogP) is 6.34. The number of rotatable bonds is 9. The minimum Gasteiger partial charge on any atom is -0.474 e. The first-order valence-electron chi connectivity index (χ1n) is 16.6. The number of nitrogens with zero attached hydrogens (tertiary/aromatic N) is 4. The number of piperidine rings is 1. The summed E-state index contributed by atoms with van der Waals surface area (Å²) in [6, 6.07) is 4.29. The van der Waals surface area contributed by atoms with Gasteiger partial charge in [-0.05, 0) is 61.6 Å². The summed E-state index contributed by atoms with van der Waals surface area (Å²) in [6.45, 7) is 2.57. The third-order valence-electron chi connectivity index (χ3n) is 9.40. The van der Waals surface area contributed by atoms with Gasteiger partial charge < -0.3 is 24.5 Å². The molecule has 2 aromatic heterocycles. The molecule has 4 heterocycles. The van der Waals surface area contributed by atoms with Gasteiger partial charge in [0.15, 0.2) is 0 Å². The molecule has 0 aliphatic carbocycles. The molecule has 0 spiro atoms. The van der Waals surface area contributed by atoms with Crippen molar-refractivity contribution in [3.63, 3.8) is 0 Å². The van der Waals surface area contributed by atoms with E-state index < -0.39 is 75.8 Å². The van der Waals surface area contributed by atoms with Crippen LogP contribution in [0.15, 0.2) is 48.0 Å². The lowest BCUT2D eigenvalue weighted by molar-refractivity contribution is -0.164. The van der Waals surface area contributed by atoms with Gasteiger partial charge in [-0.3, -0.25) is 19.4 Å². The van der Waals surface area contributed by atoms with Crippen molar-refractivity contribution in [2.75, 3.05) is 20.1 Å². The Balaban J connectivity index is 1.65. The van der Waals surface area contributed by atoms with Gasteiger partial charge in [-0.1, -0.05) is 19.4 Å². The topological polar surface area (TPSA) is 103 Å². The number of aliphatic hydroxyl groups is 1. The molecule has 1 unspecified atom stereocenters. The summed E-state index contributed by atoms with van der Waals surface area (Å²) in [7, 11) is 1.40. The minimum absolute atomic E-state index is 0.00263. The molecule has 2 aliphatic heterocycles. The highest BCUT2D eigenvalue weighted by atomic mass is 32.1. The van der Waals surface area contributed by atoms with E-state index in [9.17, 15) is 45.4 Å². The van der Waals surface area contributed by atoms with Crippen molar-refractivity contribution in [2.45, 2.75) is 88.6 Å².